The molecule has 4 aromatic rings. The number of aromatic nitrogens is 2. The lowest BCUT2D eigenvalue weighted by Crippen LogP contribution is -2.47. The first-order valence-corrected chi connectivity index (χ1v) is 17.9. The molecule has 1 amide bonds. The molecule has 0 bridgehead atoms. The van der Waals surface area contributed by atoms with Crippen molar-refractivity contribution in [1.82, 2.24) is 24.5 Å². The highest BCUT2D eigenvalue weighted by Crippen LogP contribution is 2.36. The zero-order chi connectivity index (χ0) is 34.2. The van der Waals surface area contributed by atoms with Crippen molar-refractivity contribution in [2.75, 3.05) is 51.2 Å². The number of nitrogens with zero attached hydrogens (tertiary/aromatic N) is 5. The minimum atomic E-state index is -3.99. The summed E-state index contributed by atoms with van der Waals surface area (Å²) in [5, 5.41) is 2.92. The van der Waals surface area contributed by atoms with Crippen LogP contribution in [0, 0.1) is 5.82 Å². The number of amides is 1. The number of carbonyl (C=O) groups is 1. The van der Waals surface area contributed by atoms with Crippen molar-refractivity contribution in [2.45, 2.75) is 36.9 Å². The molecule has 15 heteroatoms. The van der Waals surface area contributed by atoms with Gasteiger partial charge >= 0.3 is 0 Å². The molecule has 1 aromatic heterocycles. The van der Waals surface area contributed by atoms with Gasteiger partial charge in [0.2, 0.25) is 35.5 Å². The van der Waals surface area contributed by atoms with E-state index in [4.69, 9.17) is 28.9 Å². The van der Waals surface area contributed by atoms with E-state index < -0.39 is 27.8 Å². The number of hydrogen-bond donors (Lipinski definition) is 1. The van der Waals surface area contributed by atoms with Gasteiger partial charge in [0.25, 0.3) is 0 Å². The van der Waals surface area contributed by atoms with Crippen LogP contribution in [0.5, 0.6) is 23.0 Å². The van der Waals surface area contributed by atoms with Crippen LogP contribution in [0.1, 0.15) is 24.1 Å². The summed E-state index contributed by atoms with van der Waals surface area (Å²) in [6, 6.07) is 17.2. The van der Waals surface area contributed by atoms with Crippen LogP contribution in [0.15, 0.2) is 71.6 Å². The van der Waals surface area contributed by atoms with Crippen LogP contribution in [-0.4, -0.2) is 85.8 Å². The molecule has 0 spiro atoms. The maximum absolute atomic E-state index is 13.5. The SMILES string of the molecule is O=C(NCc1cc(-c2ccc3c(c2)OCO3)nc(N2CCN(Cc3ccc4c(c3)OCO4)CC2)n1)C1CCCN1S(=O)(=O)c1ccc(F)cc1. The number of anilines is 1. The molecule has 0 saturated carbocycles. The zero-order valence-electron chi connectivity index (χ0n) is 27.1. The summed E-state index contributed by atoms with van der Waals surface area (Å²) >= 11 is 0. The van der Waals surface area contributed by atoms with E-state index >= 15 is 0 Å². The fraction of sp³-hybridized carbons (Fsp3) is 0.343. The van der Waals surface area contributed by atoms with Crippen molar-refractivity contribution in [2.24, 2.45) is 0 Å². The van der Waals surface area contributed by atoms with Crippen molar-refractivity contribution in [3.05, 3.63) is 83.8 Å². The highest BCUT2D eigenvalue weighted by atomic mass is 32.2. The van der Waals surface area contributed by atoms with Gasteiger partial charge in [-0.05, 0) is 79.1 Å². The predicted octanol–water partition coefficient (Wildman–Crippen LogP) is 3.53. The number of halogens is 1. The van der Waals surface area contributed by atoms with Crippen LogP contribution in [0.2, 0.25) is 0 Å². The van der Waals surface area contributed by atoms with E-state index in [2.05, 4.69) is 21.2 Å². The second-order valence-corrected chi connectivity index (χ2v) is 14.4. The number of carbonyl (C=O) groups excluding carboxylic acids is 1. The smallest absolute Gasteiger partial charge is 0.243 e. The molecule has 13 nitrogen and oxygen atoms in total. The summed E-state index contributed by atoms with van der Waals surface area (Å²) in [5.41, 5.74) is 3.18. The van der Waals surface area contributed by atoms with Gasteiger partial charge in [-0.2, -0.15) is 4.31 Å². The topological polar surface area (TPSA) is 136 Å². The Labute approximate surface area is 288 Å². The Kier molecular flexibility index (Phi) is 8.62. The van der Waals surface area contributed by atoms with Gasteiger partial charge in [-0.1, -0.05) is 6.07 Å². The molecule has 8 rings (SSSR count). The summed E-state index contributed by atoms with van der Waals surface area (Å²) in [6.45, 7) is 4.40. The Bertz CT molecular complexity index is 2020. The molecule has 2 fully saturated rings. The molecule has 4 aliphatic rings. The standard InChI is InChI=1S/C35H35FN6O7S/c36-25-5-7-27(8-6-25)50(44,45)42-11-1-2-29(42)34(43)37-19-26-18-28(24-4-10-31-33(17-24)49-22-47-31)39-35(38-26)41-14-12-40(13-15-41)20-23-3-9-30-32(16-23)48-21-46-30/h3-10,16-18,29H,1-2,11-15,19-22H2,(H,37,43). The van der Waals surface area contributed by atoms with Gasteiger partial charge in [0.1, 0.15) is 11.9 Å². The first-order valence-electron chi connectivity index (χ1n) is 16.5. The van der Waals surface area contributed by atoms with Crippen molar-refractivity contribution in [3.8, 4) is 34.3 Å². The van der Waals surface area contributed by atoms with Crippen molar-refractivity contribution >= 4 is 21.9 Å². The van der Waals surface area contributed by atoms with Crippen molar-refractivity contribution in [1.29, 1.82) is 0 Å². The van der Waals surface area contributed by atoms with Crippen LogP contribution in [-0.2, 0) is 27.9 Å². The molecule has 4 aliphatic heterocycles. The third kappa shape index (κ3) is 6.51. The van der Waals surface area contributed by atoms with Crippen LogP contribution in [0.25, 0.3) is 11.3 Å². The fourth-order valence-corrected chi connectivity index (χ4v) is 8.31. The summed E-state index contributed by atoms with van der Waals surface area (Å²) in [4.78, 5) is 27.7. The maximum Gasteiger partial charge on any atom is 0.243 e. The van der Waals surface area contributed by atoms with Crippen molar-refractivity contribution < 1.29 is 36.6 Å². The van der Waals surface area contributed by atoms with Crippen LogP contribution in [0.3, 0.4) is 0 Å². The molecular weight excluding hydrogens is 667 g/mol. The Morgan fingerprint density at radius 2 is 1.52 bits per heavy atom. The minimum absolute atomic E-state index is 0.0524. The number of hydrogen-bond acceptors (Lipinski definition) is 11. The second-order valence-electron chi connectivity index (χ2n) is 12.5. The van der Waals surface area contributed by atoms with E-state index in [-0.39, 0.29) is 31.6 Å². The maximum atomic E-state index is 13.5. The molecule has 1 N–H and O–H groups in total. The van der Waals surface area contributed by atoms with E-state index in [0.29, 0.717) is 54.8 Å². The van der Waals surface area contributed by atoms with E-state index in [1.54, 1.807) is 0 Å². The largest absolute Gasteiger partial charge is 0.454 e. The molecule has 0 radical (unpaired) electrons. The monoisotopic (exact) mass is 702 g/mol. The summed E-state index contributed by atoms with van der Waals surface area (Å²) in [5.74, 6) is 2.39. The highest BCUT2D eigenvalue weighted by molar-refractivity contribution is 7.89. The van der Waals surface area contributed by atoms with Gasteiger partial charge in [-0.15, -0.1) is 0 Å². The number of piperazine rings is 1. The summed E-state index contributed by atoms with van der Waals surface area (Å²) in [7, 11) is -3.99. The van der Waals surface area contributed by atoms with Crippen LogP contribution >= 0.6 is 0 Å². The first-order chi connectivity index (χ1) is 24.3. The molecule has 50 heavy (non-hydrogen) atoms. The molecule has 0 aliphatic carbocycles. The second kappa shape index (κ2) is 13.4. The van der Waals surface area contributed by atoms with E-state index in [1.807, 2.05) is 36.4 Å². The van der Waals surface area contributed by atoms with Gasteiger partial charge < -0.3 is 29.2 Å². The number of rotatable bonds is 9. The normalized spacial score (nSPS) is 18.8. The van der Waals surface area contributed by atoms with Gasteiger partial charge in [0, 0.05) is 44.8 Å². The third-order valence-corrected chi connectivity index (χ3v) is 11.2. The number of benzene rings is 3. The average Bonchev–Trinajstić information content (AvgIpc) is 3.92. The fourth-order valence-electron chi connectivity index (χ4n) is 6.65. The summed E-state index contributed by atoms with van der Waals surface area (Å²) < 4.78 is 63.5. The molecule has 5 heterocycles. The lowest BCUT2D eigenvalue weighted by atomic mass is 10.1. The number of sulfonamides is 1. The van der Waals surface area contributed by atoms with Crippen LogP contribution in [0.4, 0.5) is 10.3 Å². The number of ether oxygens (including phenoxy) is 4. The summed E-state index contributed by atoms with van der Waals surface area (Å²) in [6.07, 6.45) is 0.908. The highest BCUT2D eigenvalue weighted by Gasteiger charge is 2.39. The minimum Gasteiger partial charge on any atom is -0.454 e. The predicted molar refractivity (Wildman–Crippen MR) is 179 cm³/mol. The zero-order valence-corrected chi connectivity index (χ0v) is 27.9. The number of fused-ring (bicyclic) bond motifs is 2. The van der Waals surface area contributed by atoms with E-state index in [1.165, 1.54) is 16.4 Å². The average molecular weight is 703 g/mol. The lowest BCUT2D eigenvalue weighted by Gasteiger charge is -2.35. The Morgan fingerprint density at radius 3 is 2.28 bits per heavy atom. The molecule has 1 atom stereocenters. The molecule has 2 saturated heterocycles. The van der Waals surface area contributed by atoms with Crippen LogP contribution < -0.4 is 29.2 Å². The van der Waals surface area contributed by atoms with Crippen molar-refractivity contribution in [3.63, 3.8) is 0 Å². The van der Waals surface area contributed by atoms with Gasteiger partial charge in [-0.25, -0.2) is 22.8 Å². The van der Waals surface area contributed by atoms with Gasteiger partial charge in [-0.3, -0.25) is 9.69 Å². The van der Waals surface area contributed by atoms with Gasteiger partial charge in [0.15, 0.2) is 23.0 Å². The molecular formula is C35H35FN6O7S. The quantitative estimate of drug-likeness (QED) is 0.275. The Hall–Kier alpha value is -4.99. The number of nitrogens with one attached hydrogen (secondary N) is 1. The lowest BCUT2D eigenvalue weighted by molar-refractivity contribution is -0.124. The third-order valence-electron chi connectivity index (χ3n) is 9.30. The molecule has 1 unspecified atom stereocenters. The van der Waals surface area contributed by atoms with E-state index in [0.717, 1.165) is 54.4 Å². The van der Waals surface area contributed by atoms with Gasteiger partial charge in [0.05, 0.1) is 22.8 Å². The Morgan fingerprint density at radius 1 is 0.820 bits per heavy atom. The van der Waals surface area contributed by atoms with E-state index in [9.17, 15) is 17.6 Å². The first kappa shape index (κ1) is 32.2. The molecule has 260 valence electrons. The Balaban J connectivity index is 0.989. The molecule has 3 aromatic carbocycles.